The Kier molecular flexibility index (Phi) is 6.01. The lowest BCUT2D eigenvalue weighted by Crippen LogP contribution is -2.26. The van der Waals surface area contributed by atoms with Gasteiger partial charge in [-0.05, 0) is 23.1 Å². The van der Waals surface area contributed by atoms with E-state index in [1.54, 1.807) is 0 Å². The third-order valence-corrected chi connectivity index (χ3v) is 3.56. The van der Waals surface area contributed by atoms with Crippen molar-refractivity contribution >= 4 is 5.91 Å². The van der Waals surface area contributed by atoms with Crippen LogP contribution in [0.1, 0.15) is 31.7 Å². The largest absolute Gasteiger partial charge is 0.356 e. The van der Waals surface area contributed by atoms with Crippen LogP contribution in [0.3, 0.4) is 0 Å². The molecule has 0 spiro atoms. The van der Waals surface area contributed by atoms with E-state index in [1.807, 2.05) is 36.4 Å². The molecule has 0 aliphatic carbocycles. The minimum absolute atomic E-state index is 0.106. The first-order chi connectivity index (χ1) is 10.3. The molecular weight excluding hydrogens is 258 g/mol. The maximum atomic E-state index is 12.0. The predicted molar refractivity (Wildman–Crippen MR) is 88.1 cm³/mol. The fourth-order valence-corrected chi connectivity index (χ4v) is 2.41. The molecule has 2 nitrogen and oxygen atoms in total. The number of unbranched alkanes of at least 4 members (excludes halogenated alkanes) is 2. The van der Waals surface area contributed by atoms with Gasteiger partial charge in [-0.25, -0.2) is 0 Å². The van der Waals surface area contributed by atoms with Crippen molar-refractivity contribution < 1.29 is 4.79 Å². The topological polar surface area (TPSA) is 29.1 Å². The first-order valence-corrected chi connectivity index (χ1v) is 7.71. The second-order valence-corrected chi connectivity index (χ2v) is 5.26. The molecule has 0 bridgehead atoms. The first-order valence-electron chi connectivity index (χ1n) is 7.71. The molecule has 110 valence electrons. The van der Waals surface area contributed by atoms with Crippen molar-refractivity contribution in [2.75, 3.05) is 6.54 Å². The van der Waals surface area contributed by atoms with Crippen LogP contribution >= 0.6 is 0 Å². The standard InChI is InChI=1S/C19H23NO/c1-2-3-9-14-20-19(21)15-17-12-7-8-13-18(17)16-10-5-4-6-11-16/h4-8,10-13H,2-3,9,14-15H2,1H3,(H,20,21). The molecule has 1 amide bonds. The van der Waals surface area contributed by atoms with Crippen molar-refractivity contribution in [2.24, 2.45) is 0 Å². The number of benzene rings is 2. The maximum Gasteiger partial charge on any atom is 0.224 e. The maximum absolute atomic E-state index is 12.0. The Morgan fingerprint density at radius 1 is 0.952 bits per heavy atom. The Labute approximate surface area is 127 Å². The van der Waals surface area contributed by atoms with Crippen LogP contribution in [0.2, 0.25) is 0 Å². The van der Waals surface area contributed by atoms with E-state index in [2.05, 4.69) is 30.4 Å². The fourth-order valence-electron chi connectivity index (χ4n) is 2.41. The van der Waals surface area contributed by atoms with Gasteiger partial charge in [0.2, 0.25) is 5.91 Å². The number of amides is 1. The summed E-state index contributed by atoms with van der Waals surface area (Å²) < 4.78 is 0. The number of carbonyl (C=O) groups is 1. The van der Waals surface area contributed by atoms with Crippen LogP contribution in [0, 0.1) is 0 Å². The summed E-state index contributed by atoms with van der Waals surface area (Å²) in [4.78, 5) is 12.0. The fraction of sp³-hybridized carbons (Fsp3) is 0.316. The van der Waals surface area contributed by atoms with Crippen molar-refractivity contribution in [2.45, 2.75) is 32.6 Å². The van der Waals surface area contributed by atoms with Crippen LogP contribution in [0.4, 0.5) is 0 Å². The van der Waals surface area contributed by atoms with Gasteiger partial charge < -0.3 is 5.32 Å². The van der Waals surface area contributed by atoms with E-state index in [-0.39, 0.29) is 5.91 Å². The molecule has 0 aliphatic rings. The molecule has 1 N–H and O–H groups in total. The van der Waals surface area contributed by atoms with Crippen molar-refractivity contribution in [1.82, 2.24) is 5.32 Å². The summed E-state index contributed by atoms with van der Waals surface area (Å²) in [6.07, 6.45) is 3.84. The average Bonchev–Trinajstić information content (AvgIpc) is 2.53. The Hall–Kier alpha value is -2.09. The van der Waals surface area contributed by atoms with Crippen LogP contribution in [-0.4, -0.2) is 12.5 Å². The summed E-state index contributed by atoms with van der Waals surface area (Å²) >= 11 is 0. The smallest absolute Gasteiger partial charge is 0.224 e. The van der Waals surface area contributed by atoms with Gasteiger partial charge in [-0.15, -0.1) is 0 Å². The third-order valence-electron chi connectivity index (χ3n) is 3.56. The van der Waals surface area contributed by atoms with Gasteiger partial charge in [-0.2, -0.15) is 0 Å². The molecule has 0 unspecified atom stereocenters. The molecule has 2 heteroatoms. The molecule has 2 aromatic rings. The van der Waals surface area contributed by atoms with Crippen molar-refractivity contribution in [3.63, 3.8) is 0 Å². The Morgan fingerprint density at radius 3 is 2.43 bits per heavy atom. The Balaban J connectivity index is 2.02. The van der Waals surface area contributed by atoms with Gasteiger partial charge in [0, 0.05) is 6.54 Å². The minimum Gasteiger partial charge on any atom is -0.356 e. The predicted octanol–water partition coefficient (Wildman–Crippen LogP) is 4.20. The summed E-state index contributed by atoms with van der Waals surface area (Å²) in [5.74, 6) is 0.106. The second kappa shape index (κ2) is 8.25. The Bertz CT molecular complexity index is 563. The number of nitrogens with one attached hydrogen (secondary N) is 1. The lowest BCUT2D eigenvalue weighted by Gasteiger charge is -2.10. The van der Waals surface area contributed by atoms with Gasteiger partial charge in [0.1, 0.15) is 0 Å². The zero-order chi connectivity index (χ0) is 14.9. The normalized spacial score (nSPS) is 10.3. The molecule has 0 atom stereocenters. The number of hydrogen-bond acceptors (Lipinski definition) is 1. The minimum atomic E-state index is 0.106. The molecule has 0 fully saturated rings. The molecule has 0 radical (unpaired) electrons. The SMILES string of the molecule is CCCCCNC(=O)Cc1ccccc1-c1ccccc1. The first kappa shape index (κ1) is 15.3. The number of carbonyl (C=O) groups excluding carboxylic acids is 1. The van der Waals surface area contributed by atoms with Crippen molar-refractivity contribution in [1.29, 1.82) is 0 Å². The summed E-state index contributed by atoms with van der Waals surface area (Å²) in [6.45, 7) is 2.94. The van der Waals surface area contributed by atoms with Crippen LogP contribution < -0.4 is 5.32 Å². The summed E-state index contributed by atoms with van der Waals surface area (Å²) in [5, 5.41) is 3.01. The molecule has 0 aliphatic heterocycles. The molecule has 0 aromatic heterocycles. The van der Waals surface area contributed by atoms with Crippen molar-refractivity contribution in [3.8, 4) is 11.1 Å². The molecular formula is C19H23NO. The average molecular weight is 281 g/mol. The van der Waals surface area contributed by atoms with E-state index in [1.165, 1.54) is 12.8 Å². The monoisotopic (exact) mass is 281 g/mol. The molecule has 0 saturated carbocycles. The molecule has 21 heavy (non-hydrogen) atoms. The van der Waals surface area contributed by atoms with Gasteiger partial charge >= 0.3 is 0 Å². The second-order valence-electron chi connectivity index (χ2n) is 5.26. The molecule has 0 saturated heterocycles. The quantitative estimate of drug-likeness (QED) is 0.757. The highest BCUT2D eigenvalue weighted by molar-refractivity contribution is 5.81. The van der Waals surface area contributed by atoms with Gasteiger partial charge in [0.25, 0.3) is 0 Å². The highest BCUT2D eigenvalue weighted by Crippen LogP contribution is 2.23. The van der Waals surface area contributed by atoms with Gasteiger partial charge in [0.05, 0.1) is 6.42 Å². The highest BCUT2D eigenvalue weighted by Gasteiger charge is 2.08. The highest BCUT2D eigenvalue weighted by atomic mass is 16.1. The zero-order valence-corrected chi connectivity index (χ0v) is 12.6. The summed E-state index contributed by atoms with van der Waals surface area (Å²) in [6, 6.07) is 18.3. The van der Waals surface area contributed by atoms with Crippen LogP contribution in [0.5, 0.6) is 0 Å². The number of rotatable bonds is 7. The lowest BCUT2D eigenvalue weighted by molar-refractivity contribution is -0.120. The number of hydrogen-bond donors (Lipinski definition) is 1. The molecule has 2 rings (SSSR count). The van der Waals surface area contributed by atoms with E-state index in [9.17, 15) is 4.79 Å². The van der Waals surface area contributed by atoms with Gasteiger partial charge in [-0.3, -0.25) is 4.79 Å². The zero-order valence-electron chi connectivity index (χ0n) is 12.6. The third kappa shape index (κ3) is 4.75. The van der Waals surface area contributed by atoms with Gasteiger partial charge in [-0.1, -0.05) is 74.4 Å². The van der Waals surface area contributed by atoms with Crippen LogP contribution in [0.15, 0.2) is 54.6 Å². The van der Waals surface area contributed by atoms with Crippen LogP contribution in [0.25, 0.3) is 11.1 Å². The summed E-state index contributed by atoms with van der Waals surface area (Å²) in [5.41, 5.74) is 3.38. The van der Waals surface area contributed by atoms with E-state index in [4.69, 9.17) is 0 Å². The van der Waals surface area contributed by atoms with E-state index in [0.29, 0.717) is 6.42 Å². The van der Waals surface area contributed by atoms with E-state index in [0.717, 1.165) is 29.7 Å². The van der Waals surface area contributed by atoms with Crippen molar-refractivity contribution in [3.05, 3.63) is 60.2 Å². The Morgan fingerprint density at radius 2 is 1.67 bits per heavy atom. The lowest BCUT2D eigenvalue weighted by atomic mass is 9.97. The van der Waals surface area contributed by atoms with Crippen LogP contribution in [-0.2, 0) is 11.2 Å². The summed E-state index contributed by atoms with van der Waals surface area (Å²) in [7, 11) is 0. The molecule has 2 aromatic carbocycles. The van der Waals surface area contributed by atoms with E-state index < -0.39 is 0 Å². The molecule has 0 heterocycles. The van der Waals surface area contributed by atoms with E-state index >= 15 is 0 Å². The van der Waals surface area contributed by atoms with Gasteiger partial charge in [0.15, 0.2) is 0 Å².